The van der Waals surface area contributed by atoms with Gasteiger partial charge in [0, 0.05) is 50.7 Å². The summed E-state index contributed by atoms with van der Waals surface area (Å²) in [4.78, 5) is 15.9. The molecule has 3 heteroatoms. The Bertz CT molecular complexity index is 853. The predicted octanol–water partition coefficient (Wildman–Crippen LogP) is 3.05. The van der Waals surface area contributed by atoms with E-state index in [1.54, 1.807) is 28.2 Å². The molecule has 0 bridgehead atoms. The van der Waals surface area contributed by atoms with Crippen molar-refractivity contribution in [1.82, 2.24) is 0 Å². The molecule has 0 aliphatic rings. The molecular formula is C17H20N2O. The number of carbonyl (C=O) groups is 1. The molecule has 0 unspecified atom stereocenters. The smallest absolute Gasteiger partial charge is 0.193 e. The van der Waals surface area contributed by atoms with Gasteiger partial charge < -0.3 is 9.80 Å². The van der Waals surface area contributed by atoms with Crippen molar-refractivity contribution in [2.75, 3.05) is 38.0 Å². The summed E-state index contributed by atoms with van der Waals surface area (Å²) in [6.45, 7) is 0. The number of hydrogen-bond acceptors (Lipinski definition) is 3. The molecule has 0 aliphatic carbocycles. The number of rotatable bonds is 4. The summed E-state index contributed by atoms with van der Waals surface area (Å²) in [6.07, 6.45) is 0. The van der Waals surface area contributed by atoms with Gasteiger partial charge >= 0.3 is 0 Å². The fourth-order valence-electron chi connectivity index (χ4n) is 1.41. The van der Waals surface area contributed by atoms with E-state index in [4.69, 9.17) is 11.0 Å². The molecule has 0 aromatic heterocycles. The lowest BCUT2D eigenvalue weighted by Gasteiger charge is -2.13. The van der Waals surface area contributed by atoms with Crippen molar-refractivity contribution in [2.45, 2.75) is 0 Å². The average molecular weight is 276 g/mol. The summed E-state index contributed by atoms with van der Waals surface area (Å²) in [5.41, 5.74) is -1.15. The fraction of sp³-hybridized carbons (Fsp3) is 0.235. The fourth-order valence-corrected chi connectivity index (χ4v) is 1.41. The van der Waals surface area contributed by atoms with Gasteiger partial charge in [-0.25, -0.2) is 0 Å². The second-order valence-corrected chi connectivity index (χ2v) is 4.57. The summed E-state index contributed by atoms with van der Waals surface area (Å²) >= 11 is 0. The second-order valence-electron chi connectivity index (χ2n) is 4.57. The molecule has 20 heavy (non-hydrogen) atoms. The minimum Gasteiger partial charge on any atom is -0.378 e. The maximum Gasteiger partial charge on any atom is 0.193 e. The van der Waals surface area contributed by atoms with Crippen LogP contribution >= 0.6 is 0 Å². The van der Waals surface area contributed by atoms with Gasteiger partial charge in [-0.3, -0.25) is 4.79 Å². The van der Waals surface area contributed by atoms with Crippen LogP contribution in [-0.4, -0.2) is 34.0 Å². The van der Waals surface area contributed by atoms with Gasteiger partial charge in [0.1, 0.15) is 0 Å². The van der Waals surface area contributed by atoms with Gasteiger partial charge in [-0.05, 0) is 48.3 Å². The Morgan fingerprint density at radius 1 is 0.750 bits per heavy atom. The van der Waals surface area contributed by atoms with Crippen molar-refractivity contribution < 1.29 is 15.8 Å². The standard InChI is InChI=1S/C17H20N2O/c1-18(2)15-9-5-13(6-10-15)17(20)14-7-11-16(12-8-14)19(3)4/h5-12H,1-4H3/i5D,6D,7D,8D,9D,10D,11D,12D. The molecule has 0 spiro atoms. The van der Waals surface area contributed by atoms with E-state index in [2.05, 4.69) is 0 Å². The van der Waals surface area contributed by atoms with Gasteiger partial charge in [-0.15, -0.1) is 0 Å². The third-order valence-electron chi connectivity index (χ3n) is 2.57. The predicted molar refractivity (Wildman–Crippen MR) is 85.0 cm³/mol. The van der Waals surface area contributed by atoms with Crippen LogP contribution in [0.3, 0.4) is 0 Å². The maximum absolute atomic E-state index is 13.1. The second kappa shape index (κ2) is 5.78. The van der Waals surface area contributed by atoms with E-state index < -0.39 is 65.2 Å². The summed E-state index contributed by atoms with van der Waals surface area (Å²) < 4.78 is 64.9. The Morgan fingerprint density at radius 2 is 1.05 bits per heavy atom. The lowest BCUT2D eigenvalue weighted by atomic mass is 10.0. The van der Waals surface area contributed by atoms with Crippen LogP contribution in [-0.2, 0) is 0 Å². The Kier molecular flexibility index (Phi) is 2.00. The van der Waals surface area contributed by atoms with Gasteiger partial charge in [0.05, 0.1) is 11.0 Å². The number of carbonyl (C=O) groups excluding carboxylic acids is 1. The molecule has 0 fully saturated rings. The first-order valence-corrected chi connectivity index (χ1v) is 5.94. The van der Waals surface area contributed by atoms with Crippen LogP contribution in [0.5, 0.6) is 0 Å². The van der Waals surface area contributed by atoms with E-state index in [0.29, 0.717) is 0 Å². The third kappa shape index (κ3) is 2.99. The summed E-state index contributed by atoms with van der Waals surface area (Å²) in [7, 11) is 6.20. The van der Waals surface area contributed by atoms with Crippen molar-refractivity contribution in [3.63, 3.8) is 0 Å². The summed E-state index contributed by atoms with van der Waals surface area (Å²) in [5.74, 6) is -1.08. The Labute approximate surface area is 131 Å². The summed E-state index contributed by atoms with van der Waals surface area (Å²) in [5, 5.41) is 0. The highest BCUT2D eigenvalue weighted by atomic mass is 16.1. The van der Waals surface area contributed by atoms with Crippen LogP contribution < -0.4 is 9.80 Å². The minimum atomic E-state index is -1.08. The molecule has 0 heterocycles. The minimum absolute atomic E-state index is 0.00839. The largest absolute Gasteiger partial charge is 0.378 e. The van der Waals surface area contributed by atoms with Crippen LogP contribution in [0.2, 0.25) is 0 Å². The number of anilines is 2. The molecule has 2 rings (SSSR count). The lowest BCUT2D eigenvalue weighted by Crippen LogP contribution is -2.10. The Balaban J connectivity index is 2.86. The molecule has 0 atom stereocenters. The first-order valence-electron chi connectivity index (χ1n) is 9.94. The zero-order chi connectivity index (χ0) is 21.7. The monoisotopic (exact) mass is 276 g/mol. The van der Waals surface area contributed by atoms with Crippen LogP contribution in [0.1, 0.15) is 26.9 Å². The van der Waals surface area contributed by atoms with Crippen molar-refractivity contribution in [3.05, 3.63) is 59.5 Å². The highest BCUT2D eigenvalue weighted by molar-refractivity contribution is 6.09. The van der Waals surface area contributed by atoms with Crippen molar-refractivity contribution in [3.8, 4) is 0 Å². The first kappa shape index (κ1) is 6.93. The van der Waals surface area contributed by atoms with Crippen LogP contribution in [0, 0.1) is 0 Å². The van der Waals surface area contributed by atoms with E-state index in [1.165, 1.54) is 9.80 Å². The summed E-state index contributed by atoms with van der Waals surface area (Å²) in [6, 6.07) is -4.06. The normalized spacial score (nSPS) is 15.8. The topological polar surface area (TPSA) is 23.6 Å². The SMILES string of the molecule is [2H]c1c([2H])c(N(C)C)c([2H])c([2H])c1C(=O)c1c([2H])c([2H])c(N(C)C)c([2H])c1[2H]. The molecule has 0 aliphatic heterocycles. The average Bonchev–Trinajstić information content (AvgIpc) is 2.58. The first-order chi connectivity index (χ1) is 12.8. The molecule has 2 aromatic rings. The van der Waals surface area contributed by atoms with Gasteiger partial charge in [-0.1, -0.05) is 0 Å². The van der Waals surface area contributed by atoms with Gasteiger partial charge in [0.2, 0.25) is 0 Å². The van der Waals surface area contributed by atoms with Crippen LogP contribution in [0.15, 0.2) is 48.3 Å². The quantitative estimate of drug-likeness (QED) is 0.802. The molecule has 0 N–H and O–H groups in total. The highest BCUT2D eigenvalue weighted by Crippen LogP contribution is 2.18. The van der Waals surface area contributed by atoms with E-state index in [-0.39, 0.29) is 11.4 Å². The number of nitrogens with zero attached hydrogens (tertiary/aromatic N) is 2. The molecule has 0 saturated carbocycles. The van der Waals surface area contributed by atoms with Crippen molar-refractivity contribution in [1.29, 1.82) is 0 Å². The molecule has 0 saturated heterocycles. The van der Waals surface area contributed by atoms with E-state index in [9.17, 15) is 4.79 Å². The molecule has 2 aromatic carbocycles. The van der Waals surface area contributed by atoms with E-state index >= 15 is 0 Å². The number of benzene rings is 2. The Hall–Kier alpha value is -2.29. The van der Waals surface area contributed by atoms with E-state index in [0.717, 1.165) is 0 Å². The molecule has 3 nitrogen and oxygen atoms in total. The van der Waals surface area contributed by atoms with Crippen LogP contribution in [0.4, 0.5) is 11.4 Å². The lowest BCUT2D eigenvalue weighted by molar-refractivity contribution is 0.103. The number of hydrogen-bond donors (Lipinski definition) is 0. The maximum atomic E-state index is 13.1. The van der Waals surface area contributed by atoms with Gasteiger partial charge in [0.15, 0.2) is 5.78 Å². The molecule has 0 amide bonds. The van der Waals surface area contributed by atoms with Gasteiger partial charge in [0.25, 0.3) is 0 Å². The molecule has 0 radical (unpaired) electrons. The third-order valence-corrected chi connectivity index (χ3v) is 2.57. The number of ketones is 1. The highest BCUT2D eigenvalue weighted by Gasteiger charge is 2.09. The van der Waals surface area contributed by atoms with Crippen LogP contribution in [0.25, 0.3) is 0 Å². The van der Waals surface area contributed by atoms with Crippen molar-refractivity contribution >= 4 is 17.2 Å². The zero-order valence-electron chi connectivity index (χ0n) is 19.8. The zero-order valence-corrected chi connectivity index (χ0v) is 11.8. The Morgan fingerprint density at radius 3 is 1.30 bits per heavy atom. The molecule has 104 valence electrons. The van der Waals surface area contributed by atoms with Gasteiger partial charge in [-0.2, -0.15) is 0 Å². The van der Waals surface area contributed by atoms with Crippen molar-refractivity contribution in [2.24, 2.45) is 0 Å². The van der Waals surface area contributed by atoms with E-state index in [1.807, 2.05) is 0 Å². The molecular weight excluding hydrogens is 248 g/mol.